The molecule has 3 fully saturated rings. The smallest absolute Gasteiger partial charge is 0.256 e. The van der Waals surface area contributed by atoms with Crippen LogP contribution in [0.2, 0.25) is 0 Å². The van der Waals surface area contributed by atoms with Crippen molar-refractivity contribution in [1.29, 1.82) is 0 Å². The molecule has 4 aliphatic rings. The summed E-state index contributed by atoms with van der Waals surface area (Å²) >= 11 is 0. The number of nitrogens with zero attached hydrogens (tertiary/aromatic N) is 3. The van der Waals surface area contributed by atoms with E-state index in [4.69, 9.17) is 4.98 Å². The van der Waals surface area contributed by atoms with Crippen molar-refractivity contribution in [3.05, 3.63) is 27.4 Å². The molecule has 1 saturated heterocycles. The number of aromatic amines is 1. The maximum absolute atomic E-state index is 12.8. The minimum atomic E-state index is -0.146. The highest BCUT2D eigenvalue weighted by molar-refractivity contribution is 5.82. The van der Waals surface area contributed by atoms with Gasteiger partial charge in [0, 0.05) is 31.3 Å². The highest BCUT2D eigenvalue weighted by Crippen LogP contribution is 2.37. The number of piperidine rings is 1. The minimum Gasteiger partial charge on any atom is -0.337 e. The van der Waals surface area contributed by atoms with Gasteiger partial charge in [-0.25, -0.2) is 4.98 Å². The average molecular weight is 370 g/mol. The van der Waals surface area contributed by atoms with E-state index < -0.39 is 0 Å². The van der Waals surface area contributed by atoms with Crippen molar-refractivity contribution in [3.8, 4) is 0 Å². The summed E-state index contributed by atoms with van der Waals surface area (Å²) in [6.45, 7) is 1.75. The normalized spacial score (nSPS) is 25.3. The molecule has 0 radical (unpaired) electrons. The van der Waals surface area contributed by atoms with Crippen molar-refractivity contribution in [3.63, 3.8) is 0 Å². The second-order valence-corrected chi connectivity index (χ2v) is 8.48. The molecule has 2 aliphatic carbocycles. The first-order chi connectivity index (χ1) is 13.1. The van der Waals surface area contributed by atoms with Crippen molar-refractivity contribution in [1.82, 2.24) is 19.8 Å². The molecule has 1 atom stereocenters. The number of fused-ring (bicyclic) bond motifs is 1. The summed E-state index contributed by atoms with van der Waals surface area (Å²) in [7, 11) is 0. The molecule has 27 heavy (non-hydrogen) atoms. The first-order valence-electron chi connectivity index (χ1n) is 10.3. The lowest BCUT2D eigenvalue weighted by Gasteiger charge is -2.36. The van der Waals surface area contributed by atoms with Crippen molar-refractivity contribution >= 4 is 11.8 Å². The van der Waals surface area contributed by atoms with Crippen LogP contribution in [0, 0.1) is 11.8 Å². The molecular weight excluding hydrogens is 344 g/mol. The summed E-state index contributed by atoms with van der Waals surface area (Å²) in [6, 6.07) is -0.115. The summed E-state index contributed by atoms with van der Waals surface area (Å²) in [6.07, 6.45) is 7.46. The molecular formula is C20H26N4O3. The molecule has 0 spiro atoms. The summed E-state index contributed by atoms with van der Waals surface area (Å²) in [5, 5.41) is 0. The highest BCUT2D eigenvalue weighted by atomic mass is 16.2. The van der Waals surface area contributed by atoms with Crippen molar-refractivity contribution in [2.45, 2.75) is 64.0 Å². The first-order valence-corrected chi connectivity index (χ1v) is 10.3. The largest absolute Gasteiger partial charge is 0.337 e. The number of hydrogen-bond acceptors (Lipinski definition) is 4. The predicted octanol–water partition coefficient (Wildman–Crippen LogP) is 1.53. The summed E-state index contributed by atoms with van der Waals surface area (Å²) < 4.78 is 0. The fraction of sp³-hybridized carbons (Fsp3) is 0.700. The van der Waals surface area contributed by atoms with Crippen LogP contribution >= 0.6 is 0 Å². The molecule has 0 unspecified atom stereocenters. The lowest BCUT2D eigenvalue weighted by molar-refractivity contribution is -0.137. The van der Waals surface area contributed by atoms with Crippen LogP contribution in [0.4, 0.5) is 0 Å². The van der Waals surface area contributed by atoms with Crippen LogP contribution in [0.15, 0.2) is 4.79 Å². The zero-order valence-electron chi connectivity index (χ0n) is 15.6. The number of hydrogen-bond donors (Lipinski definition) is 1. The Morgan fingerprint density at radius 2 is 1.70 bits per heavy atom. The van der Waals surface area contributed by atoms with Gasteiger partial charge in [0.1, 0.15) is 5.82 Å². The van der Waals surface area contributed by atoms with Gasteiger partial charge in [-0.3, -0.25) is 14.4 Å². The number of carbonyl (C=O) groups excluding carboxylic acids is 2. The number of aromatic nitrogens is 2. The Kier molecular flexibility index (Phi) is 4.06. The van der Waals surface area contributed by atoms with E-state index >= 15 is 0 Å². The van der Waals surface area contributed by atoms with E-state index in [0.717, 1.165) is 57.2 Å². The van der Waals surface area contributed by atoms with Gasteiger partial charge in [-0.1, -0.05) is 0 Å². The van der Waals surface area contributed by atoms with Crippen molar-refractivity contribution in [2.75, 3.05) is 13.1 Å². The Hall–Kier alpha value is -2.18. The SMILES string of the molecule is O=C(C1CC1)N1CCc2nc([C@H]3CCCCN3C(=O)C3CC3)[nH]c(=O)c2C1. The standard InChI is InChI=1S/C20H26N4O3/c25-18-14-11-23(19(26)12-4-5-12)10-8-15(14)21-17(22-18)16-3-1-2-9-24(16)20(27)13-6-7-13/h12-13,16H,1-11H2,(H,21,22,25)/t16-/m1/s1. The summed E-state index contributed by atoms with van der Waals surface area (Å²) in [4.78, 5) is 49.2. The molecule has 1 aromatic heterocycles. The monoisotopic (exact) mass is 370 g/mol. The van der Waals surface area contributed by atoms with Gasteiger partial charge in [0.05, 0.1) is 23.8 Å². The topological polar surface area (TPSA) is 86.4 Å². The summed E-state index contributed by atoms with van der Waals surface area (Å²) in [5.41, 5.74) is 1.28. The highest BCUT2D eigenvalue weighted by Gasteiger charge is 2.39. The second kappa shape index (κ2) is 6.46. The van der Waals surface area contributed by atoms with Crippen LogP contribution in [0.3, 0.4) is 0 Å². The van der Waals surface area contributed by atoms with Crippen LogP contribution in [0.25, 0.3) is 0 Å². The van der Waals surface area contributed by atoms with E-state index in [1.165, 1.54) is 0 Å². The summed E-state index contributed by atoms with van der Waals surface area (Å²) in [5.74, 6) is 1.38. The third-order valence-electron chi connectivity index (χ3n) is 6.35. The molecule has 5 rings (SSSR count). The van der Waals surface area contributed by atoms with Gasteiger partial charge in [0.15, 0.2) is 0 Å². The van der Waals surface area contributed by atoms with Gasteiger partial charge in [-0.05, 0) is 44.9 Å². The Morgan fingerprint density at radius 3 is 2.44 bits per heavy atom. The third kappa shape index (κ3) is 3.17. The predicted molar refractivity (Wildman–Crippen MR) is 97.7 cm³/mol. The lowest BCUT2D eigenvalue weighted by Crippen LogP contribution is -2.43. The number of likely N-dealkylation sites (tertiary alicyclic amines) is 1. The van der Waals surface area contributed by atoms with Crippen LogP contribution in [-0.2, 0) is 22.6 Å². The Balaban J connectivity index is 1.41. The molecule has 3 heterocycles. The van der Waals surface area contributed by atoms with E-state index in [2.05, 4.69) is 4.98 Å². The molecule has 2 saturated carbocycles. The zero-order chi connectivity index (χ0) is 18.5. The number of carbonyl (C=O) groups is 2. The van der Waals surface area contributed by atoms with E-state index in [0.29, 0.717) is 30.9 Å². The van der Waals surface area contributed by atoms with Gasteiger partial charge in [0.25, 0.3) is 5.56 Å². The Bertz CT molecular complexity index is 840. The number of rotatable bonds is 3. The fourth-order valence-corrected chi connectivity index (χ4v) is 4.42. The molecule has 0 aromatic carbocycles. The van der Waals surface area contributed by atoms with Crippen LogP contribution in [0.5, 0.6) is 0 Å². The first kappa shape index (κ1) is 17.0. The van der Waals surface area contributed by atoms with E-state index in [1.807, 2.05) is 4.90 Å². The van der Waals surface area contributed by atoms with Gasteiger partial charge in [0.2, 0.25) is 11.8 Å². The van der Waals surface area contributed by atoms with Crippen LogP contribution in [-0.4, -0.2) is 44.7 Å². The Labute approximate surface area is 158 Å². The molecule has 1 N–H and O–H groups in total. The number of amides is 2. The lowest BCUT2D eigenvalue weighted by atomic mass is 9.99. The average Bonchev–Trinajstić information content (AvgIpc) is 3.58. The van der Waals surface area contributed by atoms with Gasteiger partial charge in [-0.15, -0.1) is 0 Å². The number of H-pyrrole nitrogens is 1. The van der Waals surface area contributed by atoms with E-state index in [-0.39, 0.29) is 35.3 Å². The maximum Gasteiger partial charge on any atom is 0.256 e. The van der Waals surface area contributed by atoms with Gasteiger partial charge < -0.3 is 14.8 Å². The second-order valence-electron chi connectivity index (χ2n) is 8.48. The Morgan fingerprint density at radius 1 is 0.963 bits per heavy atom. The quantitative estimate of drug-likeness (QED) is 0.874. The maximum atomic E-state index is 12.8. The van der Waals surface area contributed by atoms with E-state index in [9.17, 15) is 14.4 Å². The zero-order valence-corrected chi connectivity index (χ0v) is 15.6. The van der Waals surface area contributed by atoms with Crippen LogP contribution in [0.1, 0.15) is 68.1 Å². The third-order valence-corrected chi connectivity index (χ3v) is 6.35. The van der Waals surface area contributed by atoms with Gasteiger partial charge in [-0.2, -0.15) is 0 Å². The molecule has 7 nitrogen and oxygen atoms in total. The number of nitrogens with one attached hydrogen (secondary N) is 1. The minimum absolute atomic E-state index is 0.115. The van der Waals surface area contributed by atoms with Crippen molar-refractivity contribution < 1.29 is 9.59 Å². The van der Waals surface area contributed by atoms with E-state index in [1.54, 1.807) is 4.90 Å². The van der Waals surface area contributed by atoms with Gasteiger partial charge >= 0.3 is 0 Å². The van der Waals surface area contributed by atoms with Crippen LogP contribution < -0.4 is 5.56 Å². The molecule has 2 aliphatic heterocycles. The molecule has 2 amide bonds. The molecule has 144 valence electrons. The molecule has 0 bridgehead atoms. The molecule has 1 aromatic rings. The molecule has 7 heteroatoms. The fourth-order valence-electron chi connectivity index (χ4n) is 4.42. The van der Waals surface area contributed by atoms with Crippen molar-refractivity contribution in [2.24, 2.45) is 11.8 Å².